The number of benzene rings is 1. The standard InChI is InChI=1S/C15H17ClN2O/c1-3-17-10-12-6-9-14(18(2)15(12)19)11-4-7-13(16)8-5-11/h4-9,17H,3,10H2,1-2H3. The van der Waals surface area contributed by atoms with Gasteiger partial charge in [0.1, 0.15) is 0 Å². The number of hydrogen-bond acceptors (Lipinski definition) is 2. The van der Waals surface area contributed by atoms with Crippen molar-refractivity contribution < 1.29 is 0 Å². The highest BCUT2D eigenvalue weighted by Crippen LogP contribution is 2.20. The van der Waals surface area contributed by atoms with E-state index in [4.69, 9.17) is 11.6 Å². The third-order valence-corrected chi connectivity index (χ3v) is 3.34. The van der Waals surface area contributed by atoms with E-state index in [2.05, 4.69) is 5.32 Å². The Morgan fingerprint density at radius 1 is 1.16 bits per heavy atom. The third kappa shape index (κ3) is 3.06. The molecule has 1 aromatic heterocycles. The zero-order valence-electron chi connectivity index (χ0n) is 11.1. The van der Waals surface area contributed by atoms with Crippen molar-refractivity contribution in [2.24, 2.45) is 7.05 Å². The molecule has 0 unspecified atom stereocenters. The second-order valence-electron chi connectivity index (χ2n) is 4.40. The molecule has 0 amide bonds. The Balaban J connectivity index is 2.41. The molecule has 0 fully saturated rings. The zero-order chi connectivity index (χ0) is 13.8. The first-order valence-corrected chi connectivity index (χ1v) is 6.67. The number of aromatic nitrogens is 1. The molecule has 0 aliphatic carbocycles. The van der Waals surface area contributed by atoms with Crippen molar-refractivity contribution in [3.63, 3.8) is 0 Å². The van der Waals surface area contributed by atoms with E-state index < -0.39 is 0 Å². The van der Waals surface area contributed by atoms with Gasteiger partial charge in [-0.3, -0.25) is 4.79 Å². The number of nitrogens with one attached hydrogen (secondary N) is 1. The van der Waals surface area contributed by atoms with Crippen LogP contribution < -0.4 is 10.9 Å². The van der Waals surface area contributed by atoms with E-state index in [-0.39, 0.29) is 5.56 Å². The van der Waals surface area contributed by atoms with Crippen LogP contribution in [0, 0.1) is 0 Å². The van der Waals surface area contributed by atoms with Crippen LogP contribution in [0.3, 0.4) is 0 Å². The molecular formula is C15H17ClN2O. The summed E-state index contributed by atoms with van der Waals surface area (Å²) in [5.41, 5.74) is 2.69. The number of pyridine rings is 1. The highest BCUT2D eigenvalue weighted by molar-refractivity contribution is 6.30. The van der Waals surface area contributed by atoms with Crippen molar-refractivity contribution in [3.8, 4) is 11.3 Å². The van der Waals surface area contributed by atoms with Crippen molar-refractivity contribution in [3.05, 3.63) is 57.3 Å². The minimum absolute atomic E-state index is 0.0356. The number of nitrogens with zero attached hydrogens (tertiary/aromatic N) is 1. The molecular weight excluding hydrogens is 260 g/mol. The highest BCUT2D eigenvalue weighted by atomic mass is 35.5. The molecule has 19 heavy (non-hydrogen) atoms. The summed E-state index contributed by atoms with van der Waals surface area (Å²) in [6, 6.07) is 11.3. The van der Waals surface area contributed by atoms with Crippen LogP contribution in [-0.2, 0) is 13.6 Å². The molecule has 1 heterocycles. The number of halogens is 1. The minimum Gasteiger partial charge on any atom is -0.313 e. The Morgan fingerprint density at radius 3 is 2.47 bits per heavy atom. The van der Waals surface area contributed by atoms with E-state index >= 15 is 0 Å². The Bertz CT molecular complexity index is 617. The SMILES string of the molecule is CCNCc1ccc(-c2ccc(Cl)cc2)n(C)c1=O. The maximum Gasteiger partial charge on any atom is 0.255 e. The van der Waals surface area contributed by atoms with E-state index in [0.29, 0.717) is 11.6 Å². The normalized spacial score (nSPS) is 10.7. The van der Waals surface area contributed by atoms with E-state index in [0.717, 1.165) is 23.4 Å². The predicted octanol–water partition coefficient (Wildman–Crippen LogP) is 2.82. The lowest BCUT2D eigenvalue weighted by Crippen LogP contribution is -2.26. The molecule has 2 aromatic rings. The van der Waals surface area contributed by atoms with Crippen molar-refractivity contribution >= 4 is 11.6 Å². The van der Waals surface area contributed by atoms with E-state index in [1.807, 2.05) is 43.3 Å². The van der Waals surface area contributed by atoms with Gasteiger partial charge in [-0.05, 0) is 30.3 Å². The summed E-state index contributed by atoms with van der Waals surface area (Å²) in [7, 11) is 1.79. The van der Waals surface area contributed by atoms with Crippen molar-refractivity contribution in [2.75, 3.05) is 6.54 Å². The Hall–Kier alpha value is -1.58. The van der Waals surface area contributed by atoms with E-state index in [9.17, 15) is 4.79 Å². The second-order valence-corrected chi connectivity index (χ2v) is 4.83. The first kappa shape index (κ1) is 13.8. The molecule has 3 nitrogen and oxygen atoms in total. The van der Waals surface area contributed by atoms with Crippen LogP contribution in [0.1, 0.15) is 12.5 Å². The largest absolute Gasteiger partial charge is 0.313 e. The highest BCUT2D eigenvalue weighted by Gasteiger charge is 2.07. The number of rotatable bonds is 4. The summed E-state index contributed by atoms with van der Waals surface area (Å²) in [6.07, 6.45) is 0. The van der Waals surface area contributed by atoms with Gasteiger partial charge in [0.05, 0.1) is 5.69 Å². The average Bonchev–Trinajstić information content (AvgIpc) is 2.42. The lowest BCUT2D eigenvalue weighted by molar-refractivity contribution is 0.708. The van der Waals surface area contributed by atoms with Crippen molar-refractivity contribution in [2.45, 2.75) is 13.5 Å². The maximum absolute atomic E-state index is 12.2. The second kappa shape index (κ2) is 6.04. The molecule has 0 saturated carbocycles. The van der Waals surface area contributed by atoms with Gasteiger partial charge < -0.3 is 9.88 Å². The van der Waals surface area contributed by atoms with Gasteiger partial charge in [-0.2, -0.15) is 0 Å². The fraction of sp³-hybridized carbons (Fsp3) is 0.267. The fourth-order valence-corrected chi connectivity index (χ4v) is 2.12. The summed E-state index contributed by atoms with van der Waals surface area (Å²) in [6.45, 7) is 3.47. The summed E-state index contributed by atoms with van der Waals surface area (Å²) >= 11 is 5.88. The van der Waals surface area contributed by atoms with Crippen LogP contribution in [0.15, 0.2) is 41.2 Å². The summed E-state index contributed by atoms with van der Waals surface area (Å²) in [5.74, 6) is 0. The van der Waals surface area contributed by atoms with E-state index in [1.54, 1.807) is 11.6 Å². The molecule has 0 radical (unpaired) electrons. The zero-order valence-corrected chi connectivity index (χ0v) is 11.9. The van der Waals surface area contributed by atoms with Gasteiger partial charge in [0, 0.05) is 24.2 Å². The molecule has 0 aliphatic heterocycles. The smallest absolute Gasteiger partial charge is 0.255 e. The third-order valence-electron chi connectivity index (χ3n) is 3.09. The monoisotopic (exact) mass is 276 g/mol. The Labute approximate surface area is 117 Å². The topological polar surface area (TPSA) is 34.0 Å². The summed E-state index contributed by atoms with van der Waals surface area (Å²) in [5, 5.41) is 3.86. The van der Waals surface area contributed by atoms with Crippen LogP contribution >= 0.6 is 11.6 Å². The van der Waals surface area contributed by atoms with Gasteiger partial charge in [-0.15, -0.1) is 0 Å². The molecule has 0 spiro atoms. The van der Waals surface area contributed by atoms with Gasteiger partial charge in [-0.1, -0.05) is 36.7 Å². The van der Waals surface area contributed by atoms with Gasteiger partial charge in [0.25, 0.3) is 5.56 Å². The quantitative estimate of drug-likeness (QED) is 0.932. The molecule has 0 aliphatic rings. The molecule has 1 aromatic carbocycles. The molecule has 4 heteroatoms. The minimum atomic E-state index is 0.0356. The summed E-state index contributed by atoms with van der Waals surface area (Å²) < 4.78 is 1.68. The van der Waals surface area contributed by atoms with Crippen LogP contribution in [-0.4, -0.2) is 11.1 Å². The predicted molar refractivity (Wildman–Crippen MR) is 79.5 cm³/mol. The molecule has 0 atom stereocenters. The van der Waals surface area contributed by atoms with Crippen LogP contribution in [0.25, 0.3) is 11.3 Å². The average molecular weight is 277 g/mol. The Morgan fingerprint density at radius 2 is 1.84 bits per heavy atom. The fourth-order valence-electron chi connectivity index (χ4n) is 1.99. The van der Waals surface area contributed by atoms with Gasteiger partial charge in [0.15, 0.2) is 0 Å². The van der Waals surface area contributed by atoms with Crippen molar-refractivity contribution in [1.82, 2.24) is 9.88 Å². The van der Waals surface area contributed by atoms with Gasteiger partial charge >= 0.3 is 0 Å². The van der Waals surface area contributed by atoms with Crippen LogP contribution in [0.5, 0.6) is 0 Å². The maximum atomic E-state index is 12.2. The van der Waals surface area contributed by atoms with Crippen LogP contribution in [0.2, 0.25) is 5.02 Å². The lowest BCUT2D eigenvalue weighted by Gasteiger charge is -2.11. The first-order chi connectivity index (χ1) is 9.13. The van der Waals surface area contributed by atoms with E-state index in [1.165, 1.54) is 0 Å². The van der Waals surface area contributed by atoms with Crippen molar-refractivity contribution in [1.29, 1.82) is 0 Å². The van der Waals surface area contributed by atoms with Gasteiger partial charge in [-0.25, -0.2) is 0 Å². The molecule has 0 bridgehead atoms. The number of hydrogen-bond donors (Lipinski definition) is 1. The molecule has 100 valence electrons. The lowest BCUT2D eigenvalue weighted by atomic mass is 10.1. The molecule has 0 saturated heterocycles. The van der Waals surface area contributed by atoms with Crippen LogP contribution in [0.4, 0.5) is 0 Å². The molecule has 2 rings (SSSR count). The molecule has 1 N–H and O–H groups in total. The summed E-state index contributed by atoms with van der Waals surface area (Å²) in [4.78, 5) is 12.2. The first-order valence-electron chi connectivity index (χ1n) is 6.29. The van der Waals surface area contributed by atoms with Gasteiger partial charge in [0.2, 0.25) is 0 Å². The Kier molecular flexibility index (Phi) is 4.40.